The SMILES string of the molecule is O=c1[nH]c(C2CCN(CCc3c[nH]c4ccccc34)CC2)nc2cccc(Cl)c12. The highest BCUT2D eigenvalue weighted by Gasteiger charge is 2.23. The Bertz CT molecular complexity index is 1220. The third-order valence-corrected chi connectivity index (χ3v) is 6.36. The van der Waals surface area contributed by atoms with Crippen LogP contribution >= 0.6 is 11.6 Å². The lowest BCUT2D eigenvalue weighted by atomic mass is 9.95. The molecule has 0 spiro atoms. The Balaban J connectivity index is 1.25. The normalized spacial score (nSPS) is 16.0. The number of aromatic nitrogens is 3. The molecule has 6 heteroatoms. The van der Waals surface area contributed by atoms with Gasteiger partial charge in [-0.05, 0) is 56.1 Å². The molecule has 148 valence electrons. The molecule has 1 aliphatic rings. The van der Waals surface area contributed by atoms with Crippen molar-refractivity contribution >= 4 is 33.4 Å². The summed E-state index contributed by atoms with van der Waals surface area (Å²) in [7, 11) is 0. The van der Waals surface area contributed by atoms with Crippen LogP contribution in [0.5, 0.6) is 0 Å². The number of aromatic amines is 2. The van der Waals surface area contributed by atoms with Gasteiger partial charge in [0.1, 0.15) is 5.82 Å². The summed E-state index contributed by atoms with van der Waals surface area (Å²) in [6.45, 7) is 3.08. The molecule has 3 heterocycles. The van der Waals surface area contributed by atoms with E-state index in [0.717, 1.165) is 44.7 Å². The Morgan fingerprint density at radius 2 is 1.93 bits per heavy atom. The molecule has 1 aliphatic heterocycles. The van der Waals surface area contributed by atoms with Gasteiger partial charge >= 0.3 is 0 Å². The number of rotatable bonds is 4. The predicted octanol–water partition coefficient (Wildman–Crippen LogP) is 4.48. The molecule has 0 saturated carbocycles. The van der Waals surface area contributed by atoms with E-state index < -0.39 is 0 Å². The molecule has 0 atom stereocenters. The number of halogens is 1. The molecule has 2 aromatic heterocycles. The molecule has 4 aromatic rings. The number of piperidine rings is 1. The second-order valence-electron chi connectivity index (χ2n) is 7.81. The minimum absolute atomic E-state index is 0.141. The molecule has 2 aromatic carbocycles. The van der Waals surface area contributed by atoms with Gasteiger partial charge in [-0.3, -0.25) is 4.79 Å². The van der Waals surface area contributed by atoms with Crippen molar-refractivity contribution in [2.45, 2.75) is 25.2 Å². The zero-order valence-electron chi connectivity index (χ0n) is 16.1. The van der Waals surface area contributed by atoms with Crippen molar-refractivity contribution < 1.29 is 0 Å². The van der Waals surface area contributed by atoms with E-state index in [4.69, 9.17) is 16.6 Å². The van der Waals surface area contributed by atoms with Crippen molar-refractivity contribution in [3.05, 3.63) is 75.4 Å². The van der Waals surface area contributed by atoms with E-state index in [1.807, 2.05) is 12.1 Å². The standard InChI is InChI=1S/C23H23ClN4O/c24-18-5-3-7-20-21(18)23(29)27-22(26-20)15-8-11-28(12-9-15)13-10-16-14-25-19-6-2-1-4-17(16)19/h1-7,14-15,25H,8-13H2,(H,26,27,29). The first-order chi connectivity index (χ1) is 14.2. The van der Waals surface area contributed by atoms with Crippen LogP contribution in [0.15, 0.2) is 53.5 Å². The van der Waals surface area contributed by atoms with E-state index in [1.54, 1.807) is 6.07 Å². The van der Waals surface area contributed by atoms with Crippen LogP contribution in [0.1, 0.15) is 30.1 Å². The van der Waals surface area contributed by atoms with Crippen molar-refractivity contribution in [3.63, 3.8) is 0 Å². The van der Waals surface area contributed by atoms with Gasteiger partial charge in [0.05, 0.1) is 15.9 Å². The van der Waals surface area contributed by atoms with Crippen LogP contribution in [-0.4, -0.2) is 39.5 Å². The topological polar surface area (TPSA) is 64.8 Å². The van der Waals surface area contributed by atoms with Crippen molar-refractivity contribution in [3.8, 4) is 0 Å². The summed E-state index contributed by atoms with van der Waals surface area (Å²) in [5, 5.41) is 2.25. The first-order valence-corrected chi connectivity index (χ1v) is 10.5. The van der Waals surface area contributed by atoms with Crippen LogP contribution in [0.2, 0.25) is 5.02 Å². The maximum atomic E-state index is 12.5. The number of fused-ring (bicyclic) bond motifs is 2. The first kappa shape index (κ1) is 18.4. The van der Waals surface area contributed by atoms with E-state index in [9.17, 15) is 4.79 Å². The molecule has 2 N–H and O–H groups in total. The van der Waals surface area contributed by atoms with Crippen molar-refractivity contribution in [1.29, 1.82) is 0 Å². The summed E-state index contributed by atoms with van der Waals surface area (Å²) in [6.07, 6.45) is 5.18. The van der Waals surface area contributed by atoms with Gasteiger partial charge < -0.3 is 14.9 Å². The Morgan fingerprint density at radius 1 is 1.10 bits per heavy atom. The fraction of sp³-hybridized carbons (Fsp3) is 0.304. The molecule has 5 rings (SSSR count). The van der Waals surface area contributed by atoms with Crippen molar-refractivity contribution in [2.75, 3.05) is 19.6 Å². The lowest BCUT2D eigenvalue weighted by molar-refractivity contribution is 0.211. The van der Waals surface area contributed by atoms with Gasteiger partial charge in [0.15, 0.2) is 0 Å². The molecule has 1 saturated heterocycles. The number of likely N-dealkylation sites (tertiary alicyclic amines) is 1. The Morgan fingerprint density at radius 3 is 2.79 bits per heavy atom. The number of H-pyrrole nitrogens is 2. The molecule has 0 bridgehead atoms. The van der Waals surface area contributed by atoms with Gasteiger partial charge in [0, 0.05) is 29.6 Å². The average molecular weight is 407 g/mol. The molecule has 0 unspecified atom stereocenters. The number of hydrogen-bond acceptors (Lipinski definition) is 3. The van der Waals surface area contributed by atoms with Crippen LogP contribution in [0.4, 0.5) is 0 Å². The lowest BCUT2D eigenvalue weighted by Crippen LogP contribution is -2.35. The maximum Gasteiger partial charge on any atom is 0.260 e. The summed E-state index contributed by atoms with van der Waals surface area (Å²) < 4.78 is 0. The van der Waals surface area contributed by atoms with Gasteiger partial charge in [-0.1, -0.05) is 35.9 Å². The first-order valence-electron chi connectivity index (χ1n) is 10.1. The number of para-hydroxylation sites is 1. The molecule has 1 fully saturated rings. The van der Waals surface area contributed by atoms with Gasteiger partial charge in [0.25, 0.3) is 5.56 Å². The zero-order chi connectivity index (χ0) is 19.8. The molecular formula is C23H23ClN4O. The molecular weight excluding hydrogens is 384 g/mol. The van der Waals surface area contributed by atoms with Crippen LogP contribution < -0.4 is 5.56 Å². The Hall–Kier alpha value is -2.63. The van der Waals surface area contributed by atoms with E-state index in [0.29, 0.717) is 15.9 Å². The summed E-state index contributed by atoms with van der Waals surface area (Å²) in [5.74, 6) is 1.08. The van der Waals surface area contributed by atoms with Crippen LogP contribution in [-0.2, 0) is 6.42 Å². The monoisotopic (exact) mass is 406 g/mol. The molecule has 29 heavy (non-hydrogen) atoms. The highest BCUT2D eigenvalue weighted by molar-refractivity contribution is 6.35. The molecule has 0 radical (unpaired) electrons. The van der Waals surface area contributed by atoms with Gasteiger partial charge in [-0.15, -0.1) is 0 Å². The maximum absolute atomic E-state index is 12.5. The van der Waals surface area contributed by atoms with Gasteiger partial charge in [0.2, 0.25) is 0 Å². The highest BCUT2D eigenvalue weighted by Crippen LogP contribution is 2.27. The highest BCUT2D eigenvalue weighted by atomic mass is 35.5. The number of hydrogen-bond donors (Lipinski definition) is 2. The lowest BCUT2D eigenvalue weighted by Gasteiger charge is -2.31. The van der Waals surface area contributed by atoms with Gasteiger partial charge in [-0.25, -0.2) is 4.98 Å². The summed E-state index contributed by atoms with van der Waals surface area (Å²) in [6, 6.07) is 13.9. The third kappa shape index (κ3) is 3.56. The van der Waals surface area contributed by atoms with Crippen LogP contribution in [0.25, 0.3) is 21.8 Å². The number of benzene rings is 2. The van der Waals surface area contributed by atoms with E-state index in [1.165, 1.54) is 16.5 Å². The van der Waals surface area contributed by atoms with Crippen molar-refractivity contribution in [2.24, 2.45) is 0 Å². The minimum Gasteiger partial charge on any atom is -0.361 e. The summed E-state index contributed by atoms with van der Waals surface area (Å²) >= 11 is 6.16. The third-order valence-electron chi connectivity index (χ3n) is 6.05. The molecule has 5 nitrogen and oxygen atoms in total. The summed E-state index contributed by atoms with van der Waals surface area (Å²) in [4.78, 5) is 26.0. The van der Waals surface area contributed by atoms with E-state index in [-0.39, 0.29) is 11.5 Å². The Labute approximate surface area is 173 Å². The van der Waals surface area contributed by atoms with E-state index >= 15 is 0 Å². The fourth-order valence-electron chi connectivity index (χ4n) is 4.41. The van der Waals surface area contributed by atoms with Crippen molar-refractivity contribution in [1.82, 2.24) is 19.9 Å². The van der Waals surface area contributed by atoms with Crippen LogP contribution in [0, 0.1) is 0 Å². The predicted molar refractivity (Wildman–Crippen MR) is 118 cm³/mol. The number of nitrogens with zero attached hydrogens (tertiary/aromatic N) is 2. The zero-order valence-corrected chi connectivity index (χ0v) is 16.9. The second kappa shape index (κ2) is 7.65. The van der Waals surface area contributed by atoms with E-state index in [2.05, 4.69) is 45.3 Å². The second-order valence-corrected chi connectivity index (χ2v) is 8.22. The Kier molecular flexibility index (Phi) is 4.86. The fourth-order valence-corrected chi connectivity index (χ4v) is 4.66. The number of nitrogens with one attached hydrogen (secondary N) is 2. The molecule has 0 amide bonds. The van der Waals surface area contributed by atoms with Gasteiger partial charge in [-0.2, -0.15) is 0 Å². The average Bonchev–Trinajstić information content (AvgIpc) is 3.15. The molecule has 0 aliphatic carbocycles. The smallest absolute Gasteiger partial charge is 0.260 e. The quantitative estimate of drug-likeness (QED) is 0.525. The minimum atomic E-state index is -0.141. The van der Waals surface area contributed by atoms with Crippen LogP contribution in [0.3, 0.4) is 0 Å². The largest absolute Gasteiger partial charge is 0.361 e. The summed E-state index contributed by atoms with van der Waals surface area (Å²) in [5.41, 5.74) is 3.11.